The normalized spacial score (nSPS) is 16.5. The highest BCUT2D eigenvalue weighted by Gasteiger charge is 2.30. The molecule has 7 nitrogen and oxygen atoms in total. The maximum absolute atomic E-state index is 10.7. The summed E-state index contributed by atoms with van der Waals surface area (Å²) in [5.41, 5.74) is 1.05. The third-order valence-corrected chi connectivity index (χ3v) is 4.02. The van der Waals surface area contributed by atoms with Crippen LogP contribution in [0.1, 0.15) is 27.2 Å². The van der Waals surface area contributed by atoms with Gasteiger partial charge in [0.05, 0.1) is 18.8 Å². The fraction of sp³-hybridized carbons (Fsp3) is 0.455. The van der Waals surface area contributed by atoms with Crippen molar-refractivity contribution in [3.05, 3.63) is 28.0 Å². The summed E-state index contributed by atoms with van der Waals surface area (Å²) in [4.78, 5) is 17.4. The molecule has 0 aliphatic carbocycles. The van der Waals surface area contributed by atoms with Gasteiger partial charge in [0, 0.05) is 24.2 Å². The van der Waals surface area contributed by atoms with Crippen molar-refractivity contribution < 1.29 is 9.90 Å². The Hall–Kier alpha value is -1.80. The molecule has 19 heavy (non-hydrogen) atoms. The highest BCUT2D eigenvalue weighted by Crippen LogP contribution is 2.23. The van der Waals surface area contributed by atoms with Crippen LogP contribution in [0.25, 0.3) is 0 Å². The fourth-order valence-corrected chi connectivity index (χ4v) is 2.87. The Bertz CT molecular complexity index is 602. The van der Waals surface area contributed by atoms with Crippen LogP contribution in [0.5, 0.6) is 0 Å². The molecule has 1 aliphatic rings. The van der Waals surface area contributed by atoms with E-state index in [-0.39, 0.29) is 11.7 Å². The van der Waals surface area contributed by atoms with Crippen LogP contribution >= 0.6 is 11.3 Å². The summed E-state index contributed by atoms with van der Waals surface area (Å²) in [6, 6.07) is 0.210. The van der Waals surface area contributed by atoms with Crippen molar-refractivity contribution in [3.63, 3.8) is 0 Å². The second-order valence-corrected chi connectivity index (χ2v) is 5.56. The van der Waals surface area contributed by atoms with E-state index in [1.165, 1.54) is 6.20 Å². The van der Waals surface area contributed by atoms with Gasteiger partial charge in [-0.1, -0.05) is 5.21 Å². The number of carboxylic acid groups (broad SMARTS) is 1. The van der Waals surface area contributed by atoms with Gasteiger partial charge in [-0.3, -0.25) is 4.90 Å². The predicted molar refractivity (Wildman–Crippen MR) is 68.1 cm³/mol. The van der Waals surface area contributed by atoms with Crippen molar-refractivity contribution in [2.75, 3.05) is 13.1 Å². The molecular formula is C11H13N5O2S. The van der Waals surface area contributed by atoms with E-state index in [0.29, 0.717) is 0 Å². The SMILES string of the molecule is Cc1csc(CN2CC(n3cc(C(=O)O)nn3)C2)n1. The summed E-state index contributed by atoms with van der Waals surface area (Å²) in [5, 5.41) is 19.4. The molecule has 0 aromatic carbocycles. The molecule has 1 saturated heterocycles. The third kappa shape index (κ3) is 2.49. The Morgan fingerprint density at radius 2 is 2.37 bits per heavy atom. The van der Waals surface area contributed by atoms with Crippen molar-refractivity contribution in [1.29, 1.82) is 0 Å². The third-order valence-electron chi connectivity index (χ3n) is 3.07. The molecular weight excluding hydrogens is 266 g/mol. The smallest absolute Gasteiger partial charge is 0.358 e. The van der Waals surface area contributed by atoms with Crippen molar-refractivity contribution in [3.8, 4) is 0 Å². The van der Waals surface area contributed by atoms with Gasteiger partial charge >= 0.3 is 5.97 Å². The highest BCUT2D eigenvalue weighted by atomic mass is 32.1. The Balaban J connectivity index is 1.55. The summed E-state index contributed by atoms with van der Waals surface area (Å²) >= 11 is 1.67. The van der Waals surface area contributed by atoms with Crippen molar-refractivity contribution in [1.82, 2.24) is 24.9 Å². The zero-order valence-corrected chi connectivity index (χ0v) is 11.2. The molecule has 0 radical (unpaired) electrons. The number of aromatic nitrogens is 4. The Morgan fingerprint density at radius 3 is 2.95 bits per heavy atom. The minimum atomic E-state index is -1.04. The van der Waals surface area contributed by atoms with Gasteiger partial charge in [0.15, 0.2) is 5.69 Å². The van der Waals surface area contributed by atoms with Crippen LogP contribution in [0.2, 0.25) is 0 Å². The zero-order chi connectivity index (χ0) is 13.4. The van der Waals surface area contributed by atoms with Gasteiger partial charge in [0.2, 0.25) is 0 Å². The van der Waals surface area contributed by atoms with E-state index in [9.17, 15) is 4.79 Å². The van der Waals surface area contributed by atoms with Crippen molar-refractivity contribution in [2.45, 2.75) is 19.5 Å². The molecule has 0 saturated carbocycles. The van der Waals surface area contributed by atoms with Gasteiger partial charge in [-0.05, 0) is 6.92 Å². The topological polar surface area (TPSA) is 84.1 Å². The van der Waals surface area contributed by atoms with Crippen LogP contribution in [0, 0.1) is 6.92 Å². The monoisotopic (exact) mass is 279 g/mol. The lowest BCUT2D eigenvalue weighted by Crippen LogP contribution is -2.47. The van der Waals surface area contributed by atoms with E-state index in [4.69, 9.17) is 5.11 Å². The van der Waals surface area contributed by atoms with Gasteiger partial charge in [-0.15, -0.1) is 16.4 Å². The Labute approximate surface area is 113 Å². The lowest BCUT2D eigenvalue weighted by Gasteiger charge is -2.38. The molecule has 0 atom stereocenters. The number of thiazole rings is 1. The number of likely N-dealkylation sites (tertiary alicyclic amines) is 1. The molecule has 1 N–H and O–H groups in total. The van der Waals surface area contributed by atoms with Gasteiger partial charge in [-0.25, -0.2) is 14.5 Å². The van der Waals surface area contributed by atoms with E-state index in [1.54, 1.807) is 16.0 Å². The van der Waals surface area contributed by atoms with Crippen LogP contribution in [0.4, 0.5) is 0 Å². The molecule has 8 heteroatoms. The summed E-state index contributed by atoms with van der Waals surface area (Å²) in [6.07, 6.45) is 1.48. The van der Waals surface area contributed by atoms with E-state index in [0.717, 1.165) is 30.3 Å². The number of aromatic carboxylic acids is 1. The molecule has 2 aromatic rings. The van der Waals surface area contributed by atoms with E-state index >= 15 is 0 Å². The van der Waals surface area contributed by atoms with Crippen LogP contribution in [-0.4, -0.2) is 49.0 Å². The predicted octanol–water partition coefficient (Wildman–Crippen LogP) is 0.798. The van der Waals surface area contributed by atoms with Gasteiger partial charge in [-0.2, -0.15) is 0 Å². The van der Waals surface area contributed by atoms with Gasteiger partial charge in [0.1, 0.15) is 5.01 Å². The average Bonchev–Trinajstić information content (AvgIpc) is 2.91. The molecule has 0 bridgehead atoms. The quantitative estimate of drug-likeness (QED) is 0.891. The molecule has 100 valence electrons. The molecule has 1 aliphatic heterocycles. The first-order chi connectivity index (χ1) is 9.11. The summed E-state index contributed by atoms with van der Waals surface area (Å²) in [7, 11) is 0. The largest absolute Gasteiger partial charge is 0.476 e. The number of carbonyl (C=O) groups is 1. The molecule has 3 rings (SSSR count). The van der Waals surface area contributed by atoms with E-state index in [1.807, 2.05) is 12.3 Å². The molecule has 0 amide bonds. The standard InChI is InChI=1S/C11H13N5O2S/c1-7-6-19-10(12-7)5-15-2-8(3-15)16-4-9(11(17)18)13-14-16/h4,6,8H,2-3,5H2,1H3,(H,17,18). The fourth-order valence-electron chi connectivity index (χ4n) is 2.06. The summed E-state index contributed by atoms with van der Waals surface area (Å²) in [5.74, 6) is -1.04. The summed E-state index contributed by atoms with van der Waals surface area (Å²) in [6.45, 7) is 4.53. The van der Waals surface area contributed by atoms with Crippen LogP contribution in [-0.2, 0) is 6.54 Å². The average molecular weight is 279 g/mol. The molecule has 0 unspecified atom stereocenters. The molecule has 3 heterocycles. The van der Waals surface area contributed by atoms with Crippen LogP contribution in [0.15, 0.2) is 11.6 Å². The number of aryl methyl sites for hydroxylation is 1. The van der Waals surface area contributed by atoms with Crippen LogP contribution in [0.3, 0.4) is 0 Å². The number of hydrogen-bond acceptors (Lipinski definition) is 6. The Morgan fingerprint density at radius 1 is 1.58 bits per heavy atom. The molecule has 1 fully saturated rings. The van der Waals surface area contributed by atoms with E-state index < -0.39 is 5.97 Å². The second-order valence-electron chi connectivity index (χ2n) is 4.62. The lowest BCUT2D eigenvalue weighted by molar-refractivity contribution is 0.0690. The highest BCUT2D eigenvalue weighted by molar-refractivity contribution is 7.09. The number of nitrogens with zero attached hydrogens (tertiary/aromatic N) is 5. The van der Waals surface area contributed by atoms with Crippen molar-refractivity contribution in [2.24, 2.45) is 0 Å². The minimum Gasteiger partial charge on any atom is -0.476 e. The van der Waals surface area contributed by atoms with Crippen molar-refractivity contribution >= 4 is 17.3 Å². The summed E-state index contributed by atoms with van der Waals surface area (Å²) < 4.78 is 1.63. The number of hydrogen-bond donors (Lipinski definition) is 1. The Kier molecular flexibility index (Phi) is 3.03. The maximum Gasteiger partial charge on any atom is 0.358 e. The minimum absolute atomic E-state index is 0.00556. The van der Waals surface area contributed by atoms with E-state index in [2.05, 4.69) is 20.2 Å². The zero-order valence-electron chi connectivity index (χ0n) is 10.4. The second kappa shape index (κ2) is 4.71. The van der Waals surface area contributed by atoms with Gasteiger partial charge in [0.25, 0.3) is 0 Å². The first kappa shape index (κ1) is 12.2. The van der Waals surface area contributed by atoms with Crippen LogP contribution < -0.4 is 0 Å². The lowest BCUT2D eigenvalue weighted by atomic mass is 10.1. The van der Waals surface area contributed by atoms with Gasteiger partial charge < -0.3 is 5.11 Å². The molecule has 0 spiro atoms. The first-order valence-electron chi connectivity index (χ1n) is 5.90. The molecule has 2 aromatic heterocycles. The first-order valence-corrected chi connectivity index (χ1v) is 6.78. The maximum atomic E-state index is 10.7. The number of rotatable bonds is 4. The number of carboxylic acids is 1.